The van der Waals surface area contributed by atoms with Crippen LogP contribution in [0, 0.1) is 45.6 Å². The molecule has 0 bridgehead atoms. The molecule has 6 aromatic carbocycles. The van der Waals surface area contributed by atoms with Crippen molar-refractivity contribution in [3.8, 4) is 39.5 Å². The molecule has 3 aromatic heterocycles. The van der Waals surface area contributed by atoms with E-state index in [4.69, 9.17) is 10.8 Å². The van der Waals surface area contributed by atoms with Crippen molar-refractivity contribution in [1.29, 1.82) is 0 Å². The number of aromatic nitrogens is 3. The van der Waals surface area contributed by atoms with Crippen LogP contribution >= 0.6 is 0 Å². The summed E-state index contributed by atoms with van der Waals surface area (Å²) in [4.78, 5) is 9.70. The van der Waals surface area contributed by atoms with Crippen molar-refractivity contribution < 1.29 is 30.3 Å². The third kappa shape index (κ3) is 8.00. The molecule has 59 heavy (non-hydrogen) atoms. The van der Waals surface area contributed by atoms with E-state index < -0.39 is 14.0 Å². The van der Waals surface area contributed by atoms with Gasteiger partial charge in [-0.2, -0.15) is 0 Å². The Bertz CT molecular complexity index is 2990. The van der Waals surface area contributed by atoms with Crippen molar-refractivity contribution >= 4 is 46.2 Å². The molecule has 0 atom stereocenters. The van der Waals surface area contributed by atoms with Gasteiger partial charge in [-0.3, -0.25) is 4.98 Å². The molecule has 0 spiro atoms. The summed E-state index contributed by atoms with van der Waals surface area (Å²) >= 11 is 0. The molecule has 0 amide bonds. The number of nitrogens with zero attached hydrogens (tertiary/aromatic N) is 3. The number of furan rings is 1. The Morgan fingerprint density at radius 1 is 0.763 bits per heavy atom. The van der Waals surface area contributed by atoms with Gasteiger partial charge in [0.1, 0.15) is 11.4 Å². The number of hydrogen-bond donors (Lipinski definition) is 0. The molecule has 299 valence electrons. The first-order valence-corrected chi connectivity index (χ1v) is 23.3. The second-order valence-electron chi connectivity index (χ2n) is 16.5. The average Bonchev–Trinajstić information content (AvgIpc) is 3.76. The van der Waals surface area contributed by atoms with Crippen LogP contribution < -0.4 is 5.19 Å². The summed E-state index contributed by atoms with van der Waals surface area (Å²) in [5.74, 6) is -0.0264. The summed E-state index contributed by atoms with van der Waals surface area (Å²) in [5, 5.41) is 3.28. The number of para-hydroxylation sites is 3. The molecule has 9 rings (SSSR count). The van der Waals surface area contributed by atoms with Gasteiger partial charge < -0.3 is 14.0 Å². The van der Waals surface area contributed by atoms with E-state index in [-0.39, 0.29) is 25.9 Å². The zero-order valence-electron chi connectivity index (χ0n) is 36.0. The van der Waals surface area contributed by atoms with Crippen molar-refractivity contribution in [2.24, 2.45) is 0 Å². The largest absolute Gasteiger partial charge is 0.501 e. The number of halogens is 1. The van der Waals surface area contributed by atoms with Crippen molar-refractivity contribution in [1.82, 2.24) is 14.5 Å². The van der Waals surface area contributed by atoms with Crippen molar-refractivity contribution in [2.75, 3.05) is 0 Å². The van der Waals surface area contributed by atoms with Gasteiger partial charge in [0.15, 0.2) is 0 Å². The number of fused-ring (bicyclic) bond motifs is 4. The van der Waals surface area contributed by atoms with Crippen LogP contribution in [-0.4, -0.2) is 22.6 Å². The van der Waals surface area contributed by atoms with Crippen LogP contribution in [-0.2, 0) is 20.1 Å². The van der Waals surface area contributed by atoms with Gasteiger partial charge in [0.05, 0.1) is 30.5 Å². The van der Waals surface area contributed by atoms with E-state index in [0.717, 1.165) is 89.1 Å². The SMILES string of the molecule is Cc1cc(F)cc(C)c1-c1ccc2oc3c(-c4nc5ccccc5n4-c4c(C)cccc4C)[c-]ccc3c2c1.[2H]C(C)(C)c1cc(-c2[c-]cccc2)ncc1[Si](C)(C)C.[Ir]. The molecule has 3 heterocycles. The Morgan fingerprint density at radius 2 is 1.47 bits per heavy atom. The Balaban J connectivity index is 0.000000220. The van der Waals surface area contributed by atoms with E-state index >= 15 is 0 Å². The van der Waals surface area contributed by atoms with Gasteiger partial charge >= 0.3 is 0 Å². The van der Waals surface area contributed by atoms with Crippen LogP contribution in [0.3, 0.4) is 0 Å². The monoisotopic (exact) mass is 971 g/mol. The number of rotatable bonds is 6. The predicted octanol–water partition coefficient (Wildman–Crippen LogP) is 13.6. The average molecular weight is 971 g/mol. The van der Waals surface area contributed by atoms with Crippen LogP contribution in [0.2, 0.25) is 19.6 Å². The zero-order valence-corrected chi connectivity index (χ0v) is 38.4. The maximum Gasteiger partial charge on any atom is 0.123 e. The number of benzene rings is 6. The number of hydrogen-bond acceptors (Lipinski definition) is 3. The van der Waals surface area contributed by atoms with Gasteiger partial charge in [0.2, 0.25) is 0 Å². The number of pyridine rings is 1. The fourth-order valence-corrected chi connectivity index (χ4v) is 9.76. The molecule has 0 saturated heterocycles. The topological polar surface area (TPSA) is 43.9 Å². The van der Waals surface area contributed by atoms with Crippen molar-refractivity contribution in [2.45, 2.75) is 67.1 Å². The Hall–Kier alpha value is -5.46. The van der Waals surface area contributed by atoms with E-state index in [1.54, 1.807) is 12.1 Å². The Kier molecular flexibility index (Phi) is 11.4. The molecule has 1 radical (unpaired) electrons. The first-order chi connectivity index (χ1) is 28.1. The third-order valence-electron chi connectivity index (χ3n) is 10.9. The van der Waals surface area contributed by atoms with Crippen LogP contribution in [0.25, 0.3) is 72.4 Å². The van der Waals surface area contributed by atoms with Crippen molar-refractivity contribution in [3.63, 3.8) is 0 Å². The van der Waals surface area contributed by atoms with E-state index in [1.807, 2.05) is 101 Å². The second kappa shape index (κ2) is 16.7. The minimum absolute atomic E-state index is 0. The summed E-state index contributed by atoms with van der Waals surface area (Å²) in [6.07, 6.45) is 1.98. The summed E-state index contributed by atoms with van der Waals surface area (Å²) < 4.78 is 31.2. The van der Waals surface area contributed by atoms with Crippen LogP contribution in [0.5, 0.6) is 0 Å². The fraction of sp³-hybridized carbons (Fsp3) is 0.192. The Labute approximate surface area is 362 Å². The Morgan fingerprint density at radius 3 is 2.15 bits per heavy atom. The standard InChI is InChI=1S/C35H26FN2O.C17H22NSi.Ir/c1-20-9-7-10-21(2)33(20)38-30-14-6-5-13-29(30)37-35(38)27-12-8-11-26-28-19-24(15-16-31(28)39-34(26)27)32-22(3)17-25(36)18-23(32)4;1-13(2)15-11-16(14-9-7-6-8-10-14)18-12-17(15)19(3,4)5;/h5-11,13-19H,1-4H3;6-9,11-13H,1-5H3;/q2*-1;/i;13D;. The molecule has 0 N–H and O–H groups in total. The van der Waals surface area contributed by atoms with E-state index in [9.17, 15) is 4.39 Å². The van der Waals surface area contributed by atoms with Gasteiger partial charge in [-0.05, 0) is 114 Å². The second-order valence-corrected chi connectivity index (χ2v) is 21.5. The maximum absolute atomic E-state index is 14.0. The predicted molar refractivity (Wildman–Crippen MR) is 243 cm³/mol. The molecular weight excluding hydrogens is 922 g/mol. The van der Waals surface area contributed by atoms with E-state index in [0.29, 0.717) is 0 Å². The third-order valence-corrected chi connectivity index (χ3v) is 12.9. The molecule has 0 aliphatic carbocycles. The van der Waals surface area contributed by atoms with Gasteiger partial charge in [0, 0.05) is 38.7 Å². The number of aryl methyl sites for hydroxylation is 4. The van der Waals surface area contributed by atoms with Gasteiger partial charge in [-0.1, -0.05) is 92.5 Å². The minimum Gasteiger partial charge on any atom is -0.501 e. The van der Waals surface area contributed by atoms with Gasteiger partial charge in [-0.25, -0.2) is 4.39 Å². The molecule has 7 heteroatoms. The first-order valence-electron chi connectivity index (χ1n) is 20.3. The van der Waals surface area contributed by atoms with Gasteiger partial charge in [0.25, 0.3) is 0 Å². The molecular formula is C52H48FIrN3OSi-2. The zero-order chi connectivity index (χ0) is 41.8. The summed E-state index contributed by atoms with van der Waals surface area (Å²) in [6.45, 7) is 19.0. The van der Waals surface area contributed by atoms with E-state index in [1.165, 1.54) is 16.3 Å². The molecule has 0 aliphatic heterocycles. The molecule has 0 aliphatic rings. The van der Waals surface area contributed by atoms with Crippen LogP contribution in [0.1, 0.15) is 48.9 Å². The maximum atomic E-state index is 14.0. The fourth-order valence-electron chi connectivity index (χ4n) is 8.17. The summed E-state index contributed by atoms with van der Waals surface area (Å²) in [7, 11) is -1.50. The summed E-state index contributed by atoms with van der Waals surface area (Å²) in [5.41, 5.74) is 14.7. The number of imidazole rings is 1. The molecule has 9 aromatic rings. The van der Waals surface area contributed by atoms with Crippen molar-refractivity contribution in [3.05, 3.63) is 167 Å². The molecule has 0 saturated carbocycles. The smallest absolute Gasteiger partial charge is 0.123 e. The molecule has 0 fully saturated rings. The first kappa shape index (κ1) is 40.3. The molecule has 0 unspecified atom stereocenters. The van der Waals surface area contributed by atoms with E-state index in [2.05, 4.69) is 91.6 Å². The van der Waals surface area contributed by atoms with Gasteiger partial charge in [-0.15, -0.1) is 54.1 Å². The normalized spacial score (nSPS) is 12.0. The summed E-state index contributed by atoms with van der Waals surface area (Å²) in [6, 6.07) is 44.5. The quantitative estimate of drug-likeness (QED) is 0.123. The molecule has 4 nitrogen and oxygen atoms in total. The van der Waals surface area contributed by atoms with Crippen LogP contribution in [0.15, 0.2) is 126 Å². The minimum atomic E-state index is -1.50. The van der Waals surface area contributed by atoms with Crippen LogP contribution in [0.4, 0.5) is 4.39 Å².